The molecule has 2 rings (SSSR count). The van der Waals surface area contributed by atoms with Crippen LogP contribution in [0.25, 0.3) is 0 Å². The summed E-state index contributed by atoms with van der Waals surface area (Å²) < 4.78 is 0. The highest BCUT2D eigenvalue weighted by Gasteiger charge is 2.30. The van der Waals surface area contributed by atoms with Gasteiger partial charge in [0.05, 0.1) is 0 Å². The van der Waals surface area contributed by atoms with Gasteiger partial charge in [0, 0.05) is 25.3 Å². The van der Waals surface area contributed by atoms with Crippen molar-refractivity contribution in [3.05, 3.63) is 29.8 Å². The minimum absolute atomic E-state index is 0.644. The molecule has 2 nitrogen and oxygen atoms in total. The van der Waals surface area contributed by atoms with Crippen LogP contribution in [0.5, 0.6) is 0 Å². The Hall–Kier alpha value is -1.02. The number of likely N-dealkylation sites (N-methyl/N-ethyl adjacent to an activating group) is 2. The highest BCUT2D eigenvalue weighted by molar-refractivity contribution is 5.47. The standard InChI is InChI=1S/C14H22N2/c1-11-5-4-6-13(9-11)16(3)10-14(15-2)12-7-8-12/h4-6,9,12,14-15H,7-8,10H2,1-3H3. The number of anilines is 1. The van der Waals surface area contributed by atoms with Gasteiger partial charge < -0.3 is 10.2 Å². The van der Waals surface area contributed by atoms with Gasteiger partial charge in [0.15, 0.2) is 0 Å². The predicted octanol–water partition coefficient (Wildman–Crippen LogP) is 2.43. The Morgan fingerprint density at radius 3 is 2.75 bits per heavy atom. The summed E-state index contributed by atoms with van der Waals surface area (Å²) >= 11 is 0. The first-order valence-corrected chi connectivity index (χ1v) is 6.16. The summed E-state index contributed by atoms with van der Waals surface area (Å²) in [5.41, 5.74) is 2.65. The van der Waals surface area contributed by atoms with Crippen LogP contribution in [0.3, 0.4) is 0 Å². The summed E-state index contributed by atoms with van der Waals surface area (Å²) in [6.45, 7) is 3.25. The molecule has 0 aromatic heterocycles. The SMILES string of the molecule is CNC(CN(C)c1cccc(C)c1)C1CC1. The van der Waals surface area contributed by atoms with E-state index in [1.54, 1.807) is 0 Å². The lowest BCUT2D eigenvalue weighted by atomic mass is 10.1. The molecule has 0 saturated heterocycles. The van der Waals surface area contributed by atoms with Crippen LogP contribution in [0.2, 0.25) is 0 Å². The van der Waals surface area contributed by atoms with E-state index in [0.717, 1.165) is 12.5 Å². The second kappa shape index (κ2) is 4.88. The Balaban J connectivity index is 1.98. The van der Waals surface area contributed by atoms with Crippen LogP contribution in [-0.4, -0.2) is 26.7 Å². The van der Waals surface area contributed by atoms with Gasteiger partial charge in [-0.3, -0.25) is 0 Å². The van der Waals surface area contributed by atoms with Crippen molar-refractivity contribution in [2.75, 3.05) is 25.5 Å². The Bertz CT molecular complexity index is 344. The molecule has 0 bridgehead atoms. The van der Waals surface area contributed by atoms with E-state index in [4.69, 9.17) is 0 Å². The van der Waals surface area contributed by atoms with Crippen LogP contribution < -0.4 is 10.2 Å². The van der Waals surface area contributed by atoms with Gasteiger partial charge in [0.2, 0.25) is 0 Å². The molecule has 1 aromatic rings. The molecule has 0 spiro atoms. The average molecular weight is 218 g/mol. The van der Waals surface area contributed by atoms with E-state index in [9.17, 15) is 0 Å². The predicted molar refractivity (Wildman–Crippen MR) is 70.0 cm³/mol. The molecule has 0 amide bonds. The van der Waals surface area contributed by atoms with Gasteiger partial charge in [-0.2, -0.15) is 0 Å². The Morgan fingerprint density at radius 1 is 1.44 bits per heavy atom. The molecule has 1 saturated carbocycles. The van der Waals surface area contributed by atoms with E-state index in [1.165, 1.54) is 24.1 Å². The molecule has 1 aliphatic carbocycles. The first-order chi connectivity index (χ1) is 7.70. The van der Waals surface area contributed by atoms with E-state index in [-0.39, 0.29) is 0 Å². The summed E-state index contributed by atoms with van der Waals surface area (Å²) in [5.74, 6) is 0.900. The summed E-state index contributed by atoms with van der Waals surface area (Å²) in [6.07, 6.45) is 2.79. The first kappa shape index (κ1) is 11.5. The lowest BCUT2D eigenvalue weighted by Crippen LogP contribution is -2.39. The van der Waals surface area contributed by atoms with Crippen molar-refractivity contribution in [1.29, 1.82) is 0 Å². The minimum Gasteiger partial charge on any atom is -0.373 e. The number of aryl methyl sites for hydroxylation is 1. The molecule has 16 heavy (non-hydrogen) atoms. The van der Waals surface area contributed by atoms with Crippen molar-refractivity contribution in [3.63, 3.8) is 0 Å². The number of hydrogen-bond acceptors (Lipinski definition) is 2. The van der Waals surface area contributed by atoms with Crippen molar-refractivity contribution < 1.29 is 0 Å². The third-order valence-corrected chi connectivity index (χ3v) is 3.47. The second-order valence-corrected chi connectivity index (χ2v) is 4.95. The quantitative estimate of drug-likeness (QED) is 0.816. The smallest absolute Gasteiger partial charge is 0.0366 e. The maximum absolute atomic E-state index is 3.44. The number of nitrogens with zero attached hydrogens (tertiary/aromatic N) is 1. The molecule has 1 aliphatic rings. The van der Waals surface area contributed by atoms with Gasteiger partial charge in [-0.1, -0.05) is 12.1 Å². The Kier molecular flexibility index (Phi) is 3.49. The highest BCUT2D eigenvalue weighted by atomic mass is 15.1. The topological polar surface area (TPSA) is 15.3 Å². The lowest BCUT2D eigenvalue weighted by Gasteiger charge is -2.25. The van der Waals surface area contributed by atoms with Crippen molar-refractivity contribution in [3.8, 4) is 0 Å². The van der Waals surface area contributed by atoms with Crippen LogP contribution in [0.1, 0.15) is 18.4 Å². The van der Waals surface area contributed by atoms with E-state index >= 15 is 0 Å². The monoisotopic (exact) mass is 218 g/mol. The lowest BCUT2D eigenvalue weighted by molar-refractivity contribution is 0.503. The van der Waals surface area contributed by atoms with Gasteiger partial charge in [0.25, 0.3) is 0 Å². The minimum atomic E-state index is 0.644. The van der Waals surface area contributed by atoms with Gasteiger partial charge in [-0.05, 0) is 50.4 Å². The molecule has 0 radical (unpaired) electrons. The molecular formula is C14H22N2. The summed E-state index contributed by atoms with van der Waals surface area (Å²) in [5, 5.41) is 3.44. The van der Waals surface area contributed by atoms with Gasteiger partial charge >= 0.3 is 0 Å². The van der Waals surface area contributed by atoms with E-state index in [2.05, 4.69) is 55.5 Å². The van der Waals surface area contributed by atoms with Gasteiger partial charge in [-0.15, -0.1) is 0 Å². The van der Waals surface area contributed by atoms with Crippen molar-refractivity contribution in [2.24, 2.45) is 5.92 Å². The molecule has 0 heterocycles. The molecular weight excluding hydrogens is 196 g/mol. The van der Waals surface area contributed by atoms with Crippen molar-refractivity contribution in [1.82, 2.24) is 5.32 Å². The van der Waals surface area contributed by atoms with Crippen molar-refractivity contribution >= 4 is 5.69 Å². The summed E-state index contributed by atoms with van der Waals surface area (Å²) in [6, 6.07) is 9.36. The number of rotatable bonds is 5. The fourth-order valence-electron chi connectivity index (χ4n) is 2.24. The van der Waals surface area contributed by atoms with E-state index < -0.39 is 0 Å². The molecule has 0 aliphatic heterocycles. The van der Waals surface area contributed by atoms with Gasteiger partial charge in [0.1, 0.15) is 0 Å². The zero-order valence-electron chi connectivity index (χ0n) is 10.5. The van der Waals surface area contributed by atoms with E-state index in [1.807, 2.05) is 0 Å². The largest absolute Gasteiger partial charge is 0.373 e. The maximum atomic E-state index is 3.44. The third-order valence-electron chi connectivity index (χ3n) is 3.47. The second-order valence-electron chi connectivity index (χ2n) is 4.95. The normalized spacial score (nSPS) is 17.2. The summed E-state index contributed by atoms with van der Waals surface area (Å²) in [4.78, 5) is 2.35. The third kappa shape index (κ3) is 2.76. The van der Waals surface area contributed by atoms with Crippen molar-refractivity contribution in [2.45, 2.75) is 25.8 Å². The molecule has 1 fully saturated rings. The summed E-state index contributed by atoms with van der Waals surface area (Å²) in [7, 11) is 4.26. The fraction of sp³-hybridized carbons (Fsp3) is 0.571. The van der Waals surface area contributed by atoms with Crippen LogP contribution in [-0.2, 0) is 0 Å². The molecule has 1 aromatic carbocycles. The first-order valence-electron chi connectivity index (χ1n) is 6.16. The molecule has 1 unspecified atom stereocenters. The Morgan fingerprint density at radius 2 is 2.19 bits per heavy atom. The zero-order chi connectivity index (χ0) is 11.5. The maximum Gasteiger partial charge on any atom is 0.0366 e. The molecule has 2 heteroatoms. The van der Waals surface area contributed by atoms with Gasteiger partial charge in [-0.25, -0.2) is 0 Å². The molecule has 1 N–H and O–H groups in total. The van der Waals surface area contributed by atoms with E-state index in [0.29, 0.717) is 6.04 Å². The number of hydrogen-bond donors (Lipinski definition) is 1. The van der Waals surface area contributed by atoms with Crippen LogP contribution in [0, 0.1) is 12.8 Å². The average Bonchev–Trinajstić information content (AvgIpc) is 3.09. The Labute approximate surface area is 98.7 Å². The zero-order valence-corrected chi connectivity index (χ0v) is 10.5. The number of nitrogens with one attached hydrogen (secondary N) is 1. The number of benzene rings is 1. The fourth-order valence-corrected chi connectivity index (χ4v) is 2.24. The molecule has 1 atom stereocenters. The highest BCUT2D eigenvalue weighted by Crippen LogP contribution is 2.33. The molecule has 88 valence electrons. The van der Waals surface area contributed by atoms with Crippen LogP contribution in [0.15, 0.2) is 24.3 Å². The van der Waals surface area contributed by atoms with Crippen LogP contribution >= 0.6 is 0 Å². The van der Waals surface area contributed by atoms with Crippen LogP contribution in [0.4, 0.5) is 5.69 Å².